The Morgan fingerprint density at radius 2 is 1.80 bits per heavy atom. The SMILES string of the molecule is Cc1cc(/C=C/C(c2cc(C)c(C)c(Cl)c2)C(F)(F)F)ccc1CNC(=O)Cc1ccc(Cl)nc1. The Labute approximate surface area is 213 Å². The predicted molar refractivity (Wildman–Crippen MR) is 135 cm³/mol. The van der Waals surface area contributed by atoms with Crippen LogP contribution in [0.2, 0.25) is 10.2 Å². The van der Waals surface area contributed by atoms with Crippen molar-refractivity contribution in [2.75, 3.05) is 0 Å². The van der Waals surface area contributed by atoms with Crippen LogP contribution < -0.4 is 5.32 Å². The number of hydrogen-bond acceptors (Lipinski definition) is 2. The summed E-state index contributed by atoms with van der Waals surface area (Å²) in [6, 6.07) is 11.6. The molecule has 0 aliphatic heterocycles. The highest BCUT2D eigenvalue weighted by atomic mass is 35.5. The molecule has 35 heavy (non-hydrogen) atoms. The molecule has 1 atom stereocenters. The molecule has 0 aliphatic rings. The van der Waals surface area contributed by atoms with E-state index in [4.69, 9.17) is 23.2 Å². The lowest BCUT2D eigenvalue weighted by Gasteiger charge is -2.19. The van der Waals surface area contributed by atoms with E-state index in [0.29, 0.717) is 27.8 Å². The van der Waals surface area contributed by atoms with E-state index in [1.807, 2.05) is 6.92 Å². The van der Waals surface area contributed by atoms with Crippen molar-refractivity contribution in [2.24, 2.45) is 0 Å². The maximum Gasteiger partial charge on any atom is 0.399 e. The van der Waals surface area contributed by atoms with Crippen LogP contribution in [0.4, 0.5) is 13.2 Å². The maximum atomic E-state index is 13.8. The van der Waals surface area contributed by atoms with Gasteiger partial charge in [-0.3, -0.25) is 4.79 Å². The molecule has 1 heterocycles. The second kappa shape index (κ2) is 11.3. The predicted octanol–water partition coefficient (Wildman–Crippen LogP) is 7.53. The molecular formula is C27H25Cl2F3N2O. The summed E-state index contributed by atoms with van der Waals surface area (Å²) < 4.78 is 41.5. The van der Waals surface area contributed by atoms with Gasteiger partial charge in [-0.15, -0.1) is 0 Å². The van der Waals surface area contributed by atoms with E-state index in [9.17, 15) is 18.0 Å². The molecule has 2 aromatic carbocycles. The van der Waals surface area contributed by atoms with Gasteiger partial charge >= 0.3 is 6.18 Å². The lowest BCUT2D eigenvalue weighted by molar-refractivity contribution is -0.139. The third kappa shape index (κ3) is 7.33. The van der Waals surface area contributed by atoms with Crippen LogP contribution in [0.1, 0.15) is 44.9 Å². The number of hydrogen-bond donors (Lipinski definition) is 1. The fourth-order valence-corrected chi connectivity index (χ4v) is 4.00. The third-order valence-corrected chi connectivity index (χ3v) is 6.43. The zero-order valence-corrected chi connectivity index (χ0v) is 21.0. The average molecular weight is 521 g/mol. The minimum absolute atomic E-state index is 0.105. The van der Waals surface area contributed by atoms with Crippen molar-refractivity contribution in [3.63, 3.8) is 0 Å². The van der Waals surface area contributed by atoms with Gasteiger partial charge in [0, 0.05) is 17.8 Å². The molecule has 1 aromatic heterocycles. The maximum absolute atomic E-state index is 13.8. The Kier molecular flexibility index (Phi) is 8.62. The standard InChI is InChI=1S/C27H25Cl2F3N2O/c1-16-11-22(13-24(28)18(16)3)23(27(30,31)32)8-5-19-4-7-21(17(2)10-19)15-34-26(35)12-20-6-9-25(29)33-14-20/h4-11,13-14,23H,12,15H2,1-3H3,(H,34,35)/b8-5+. The molecule has 184 valence electrons. The van der Waals surface area contributed by atoms with Crippen molar-refractivity contribution in [3.05, 3.63) is 104 Å². The molecule has 0 radical (unpaired) electrons. The fourth-order valence-electron chi connectivity index (χ4n) is 3.61. The van der Waals surface area contributed by atoms with Gasteiger partial charge in [0.15, 0.2) is 0 Å². The molecule has 1 N–H and O–H groups in total. The van der Waals surface area contributed by atoms with Gasteiger partial charge in [-0.1, -0.05) is 65.7 Å². The number of amides is 1. The third-order valence-electron chi connectivity index (χ3n) is 5.82. The van der Waals surface area contributed by atoms with Crippen LogP contribution in [-0.2, 0) is 17.8 Å². The molecule has 0 spiro atoms. The van der Waals surface area contributed by atoms with Crippen molar-refractivity contribution in [1.82, 2.24) is 10.3 Å². The summed E-state index contributed by atoms with van der Waals surface area (Å²) >= 11 is 11.9. The largest absolute Gasteiger partial charge is 0.399 e. The monoisotopic (exact) mass is 520 g/mol. The van der Waals surface area contributed by atoms with Crippen LogP contribution in [0.5, 0.6) is 0 Å². The molecule has 0 fully saturated rings. The molecule has 8 heteroatoms. The van der Waals surface area contributed by atoms with Gasteiger partial charge in [0.25, 0.3) is 0 Å². The first kappa shape index (κ1) is 26.8. The van der Waals surface area contributed by atoms with Gasteiger partial charge in [-0.25, -0.2) is 4.98 Å². The summed E-state index contributed by atoms with van der Waals surface area (Å²) in [5.41, 5.74) is 4.70. The van der Waals surface area contributed by atoms with Crippen molar-refractivity contribution >= 4 is 35.2 Å². The van der Waals surface area contributed by atoms with Gasteiger partial charge in [0.2, 0.25) is 5.91 Å². The smallest absolute Gasteiger partial charge is 0.352 e. The Morgan fingerprint density at radius 1 is 1.06 bits per heavy atom. The highest BCUT2D eigenvalue weighted by molar-refractivity contribution is 6.31. The van der Waals surface area contributed by atoms with Crippen LogP contribution in [-0.4, -0.2) is 17.1 Å². The van der Waals surface area contributed by atoms with Crippen molar-refractivity contribution in [1.29, 1.82) is 0 Å². The van der Waals surface area contributed by atoms with Gasteiger partial charge < -0.3 is 5.32 Å². The lowest BCUT2D eigenvalue weighted by Crippen LogP contribution is -2.25. The lowest BCUT2D eigenvalue weighted by atomic mass is 9.93. The summed E-state index contributed by atoms with van der Waals surface area (Å²) in [7, 11) is 0. The molecule has 1 unspecified atom stereocenters. The molecule has 1 amide bonds. The normalized spacial score (nSPS) is 12.7. The summed E-state index contributed by atoms with van der Waals surface area (Å²) in [4.78, 5) is 16.2. The molecule has 0 saturated heterocycles. The topological polar surface area (TPSA) is 42.0 Å². The van der Waals surface area contributed by atoms with Crippen LogP contribution in [0, 0.1) is 20.8 Å². The molecule has 3 aromatic rings. The first-order valence-corrected chi connectivity index (χ1v) is 11.7. The van der Waals surface area contributed by atoms with Crippen molar-refractivity contribution < 1.29 is 18.0 Å². The van der Waals surface area contributed by atoms with E-state index in [2.05, 4.69) is 10.3 Å². The minimum atomic E-state index is -4.46. The van der Waals surface area contributed by atoms with Gasteiger partial charge in [0.05, 0.1) is 12.3 Å². The molecule has 0 aliphatic carbocycles. The summed E-state index contributed by atoms with van der Waals surface area (Å²) in [6.07, 6.45) is -0.124. The highest BCUT2D eigenvalue weighted by Gasteiger charge is 2.39. The van der Waals surface area contributed by atoms with E-state index < -0.39 is 12.1 Å². The number of carbonyl (C=O) groups is 1. The Balaban J connectivity index is 1.70. The molecule has 0 saturated carbocycles. The second-order valence-electron chi connectivity index (χ2n) is 8.45. The number of halogens is 5. The van der Waals surface area contributed by atoms with Crippen molar-refractivity contribution in [2.45, 2.75) is 45.8 Å². The Hall–Kier alpha value is -2.83. The number of carbonyl (C=O) groups excluding carboxylic acids is 1. The number of alkyl halides is 3. The minimum Gasteiger partial charge on any atom is -0.352 e. The van der Waals surface area contributed by atoms with E-state index >= 15 is 0 Å². The molecular weight excluding hydrogens is 496 g/mol. The van der Waals surface area contributed by atoms with Crippen LogP contribution in [0.3, 0.4) is 0 Å². The Morgan fingerprint density at radius 3 is 2.40 bits per heavy atom. The number of aryl methyl sites for hydroxylation is 2. The summed E-state index contributed by atoms with van der Waals surface area (Å²) in [5, 5.41) is 3.53. The van der Waals surface area contributed by atoms with Gasteiger partial charge in [-0.2, -0.15) is 13.2 Å². The zero-order chi connectivity index (χ0) is 25.8. The number of allylic oxidation sites excluding steroid dienone is 1. The van der Waals surface area contributed by atoms with Crippen LogP contribution in [0.15, 0.2) is 54.7 Å². The van der Waals surface area contributed by atoms with E-state index in [-0.39, 0.29) is 17.9 Å². The summed E-state index contributed by atoms with van der Waals surface area (Å²) in [6.45, 7) is 5.69. The van der Waals surface area contributed by atoms with E-state index in [1.54, 1.807) is 50.4 Å². The molecule has 3 nitrogen and oxygen atoms in total. The van der Waals surface area contributed by atoms with E-state index in [0.717, 1.165) is 28.3 Å². The number of benzene rings is 2. The number of nitrogens with zero attached hydrogens (tertiary/aromatic N) is 1. The highest BCUT2D eigenvalue weighted by Crippen LogP contribution is 2.38. The van der Waals surface area contributed by atoms with Crippen molar-refractivity contribution in [3.8, 4) is 0 Å². The quantitative estimate of drug-likeness (QED) is 0.327. The van der Waals surface area contributed by atoms with Gasteiger partial charge in [-0.05, 0) is 71.8 Å². The first-order chi connectivity index (χ1) is 16.4. The number of rotatable bonds is 7. The zero-order valence-electron chi connectivity index (χ0n) is 19.5. The second-order valence-corrected chi connectivity index (χ2v) is 9.25. The van der Waals surface area contributed by atoms with Gasteiger partial charge in [0.1, 0.15) is 5.15 Å². The van der Waals surface area contributed by atoms with Crippen LogP contribution in [0.25, 0.3) is 6.08 Å². The summed E-state index contributed by atoms with van der Waals surface area (Å²) in [5.74, 6) is -1.95. The fraction of sp³-hybridized carbons (Fsp3) is 0.259. The van der Waals surface area contributed by atoms with E-state index in [1.165, 1.54) is 18.2 Å². The molecule has 3 rings (SSSR count). The number of nitrogens with one attached hydrogen (secondary N) is 1. The Bertz CT molecular complexity index is 1220. The first-order valence-electron chi connectivity index (χ1n) is 10.9. The number of aromatic nitrogens is 1. The number of pyridine rings is 1. The average Bonchev–Trinajstić information content (AvgIpc) is 2.77. The van der Waals surface area contributed by atoms with Crippen LogP contribution >= 0.6 is 23.2 Å². The molecule has 0 bridgehead atoms.